The first-order valence-corrected chi connectivity index (χ1v) is 6.39. The van der Waals surface area contributed by atoms with E-state index >= 15 is 0 Å². The van der Waals surface area contributed by atoms with Gasteiger partial charge in [0.1, 0.15) is 12.0 Å². The fourth-order valence-electron chi connectivity index (χ4n) is 1.86. The Morgan fingerprint density at radius 3 is 2.90 bits per heavy atom. The molecule has 0 aliphatic rings. The molecule has 106 valence electrons. The van der Waals surface area contributed by atoms with Crippen LogP contribution in [0, 0.1) is 0 Å². The average Bonchev–Trinajstić information content (AvgIpc) is 3.00. The predicted octanol–water partition coefficient (Wildman–Crippen LogP) is 1.73. The van der Waals surface area contributed by atoms with E-state index in [4.69, 9.17) is 10.6 Å². The fourth-order valence-corrected chi connectivity index (χ4v) is 1.86. The van der Waals surface area contributed by atoms with Gasteiger partial charge in [-0.15, -0.1) is 0 Å². The number of ether oxygens (including phenoxy) is 1. The first kappa shape index (κ1) is 13.1. The van der Waals surface area contributed by atoms with Gasteiger partial charge in [-0.25, -0.2) is 5.84 Å². The van der Waals surface area contributed by atoms with Crippen LogP contribution in [-0.2, 0) is 0 Å². The van der Waals surface area contributed by atoms with E-state index in [1.807, 2.05) is 42.5 Å². The normalized spacial score (nSPS) is 11.1. The van der Waals surface area contributed by atoms with Crippen LogP contribution >= 0.6 is 0 Å². The van der Waals surface area contributed by atoms with Gasteiger partial charge in [0.05, 0.1) is 6.20 Å². The van der Waals surface area contributed by atoms with Gasteiger partial charge >= 0.3 is 0 Å². The van der Waals surface area contributed by atoms with Gasteiger partial charge in [0.2, 0.25) is 11.8 Å². The molecule has 2 heterocycles. The van der Waals surface area contributed by atoms with Gasteiger partial charge in [0.25, 0.3) is 0 Å². The van der Waals surface area contributed by atoms with E-state index in [0.29, 0.717) is 23.5 Å². The van der Waals surface area contributed by atoms with Crippen molar-refractivity contribution in [1.29, 1.82) is 0 Å². The minimum Gasteiger partial charge on any atom is -0.473 e. The number of H-pyrrole nitrogens is 1. The van der Waals surface area contributed by atoms with Crippen molar-refractivity contribution in [3.05, 3.63) is 48.2 Å². The second-order valence-corrected chi connectivity index (χ2v) is 4.25. The zero-order chi connectivity index (χ0) is 14.5. The van der Waals surface area contributed by atoms with E-state index in [1.54, 1.807) is 6.20 Å². The Labute approximate surface area is 120 Å². The van der Waals surface area contributed by atoms with Crippen LogP contribution < -0.4 is 16.0 Å². The summed E-state index contributed by atoms with van der Waals surface area (Å²) in [6.45, 7) is 0.385. The van der Waals surface area contributed by atoms with Crippen LogP contribution in [0.3, 0.4) is 0 Å². The molecule has 0 fully saturated rings. The highest BCUT2D eigenvalue weighted by molar-refractivity contribution is 5.80. The van der Waals surface area contributed by atoms with Crippen molar-refractivity contribution in [2.45, 2.75) is 0 Å². The van der Waals surface area contributed by atoms with Gasteiger partial charge in [-0.2, -0.15) is 15.1 Å². The number of anilines is 1. The SMILES string of the molecule is NNc1nc(OC/C=C/c2ccccc2)c2cn[nH]c2n1. The van der Waals surface area contributed by atoms with Crippen molar-refractivity contribution in [3.63, 3.8) is 0 Å². The number of aromatic nitrogens is 4. The molecule has 3 aromatic rings. The second-order valence-electron chi connectivity index (χ2n) is 4.25. The lowest BCUT2D eigenvalue weighted by molar-refractivity contribution is 0.354. The van der Waals surface area contributed by atoms with E-state index in [0.717, 1.165) is 5.56 Å². The number of nitrogen functional groups attached to an aromatic ring is 1. The summed E-state index contributed by atoms with van der Waals surface area (Å²) in [6.07, 6.45) is 5.51. The van der Waals surface area contributed by atoms with Gasteiger partial charge in [0, 0.05) is 0 Å². The monoisotopic (exact) mass is 282 g/mol. The molecule has 7 nitrogen and oxygen atoms in total. The zero-order valence-electron chi connectivity index (χ0n) is 11.2. The first-order chi connectivity index (χ1) is 10.4. The minimum absolute atomic E-state index is 0.272. The summed E-state index contributed by atoms with van der Waals surface area (Å²) >= 11 is 0. The first-order valence-electron chi connectivity index (χ1n) is 6.39. The fraction of sp³-hybridized carbons (Fsp3) is 0.0714. The molecular formula is C14H14N6O. The Morgan fingerprint density at radius 2 is 2.10 bits per heavy atom. The number of fused-ring (bicyclic) bond motifs is 1. The summed E-state index contributed by atoms with van der Waals surface area (Å²) in [4.78, 5) is 8.30. The average molecular weight is 282 g/mol. The maximum Gasteiger partial charge on any atom is 0.242 e. The standard InChI is InChI=1S/C14H14N6O/c15-19-14-17-12-11(9-16-20-12)13(18-14)21-8-4-7-10-5-2-1-3-6-10/h1-7,9H,8,15H2,(H2,16,17,18,19,20)/b7-4+. The molecule has 0 radical (unpaired) electrons. The molecular weight excluding hydrogens is 268 g/mol. The van der Waals surface area contributed by atoms with E-state index in [1.165, 1.54) is 0 Å². The lowest BCUT2D eigenvalue weighted by atomic mass is 10.2. The molecule has 0 aliphatic heterocycles. The quantitative estimate of drug-likeness (QED) is 0.486. The van der Waals surface area contributed by atoms with Crippen molar-refractivity contribution in [2.75, 3.05) is 12.0 Å². The third-order valence-corrected chi connectivity index (χ3v) is 2.83. The molecule has 0 saturated carbocycles. The summed E-state index contributed by atoms with van der Waals surface area (Å²) in [7, 11) is 0. The highest BCUT2D eigenvalue weighted by Crippen LogP contribution is 2.21. The minimum atomic E-state index is 0.272. The number of rotatable bonds is 5. The smallest absolute Gasteiger partial charge is 0.242 e. The summed E-state index contributed by atoms with van der Waals surface area (Å²) in [6, 6.07) is 9.99. The maximum absolute atomic E-state index is 5.65. The van der Waals surface area contributed by atoms with Crippen molar-refractivity contribution in [2.24, 2.45) is 5.84 Å². The van der Waals surface area contributed by atoms with Gasteiger partial charge in [-0.3, -0.25) is 10.5 Å². The molecule has 0 amide bonds. The number of nitrogens with one attached hydrogen (secondary N) is 2. The van der Waals surface area contributed by atoms with E-state index in [-0.39, 0.29) is 5.95 Å². The molecule has 0 atom stereocenters. The van der Waals surface area contributed by atoms with E-state index < -0.39 is 0 Å². The number of nitrogens with two attached hydrogens (primary N) is 1. The molecule has 0 aliphatic carbocycles. The lowest BCUT2D eigenvalue weighted by Gasteiger charge is -2.05. The van der Waals surface area contributed by atoms with Crippen molar-refractivity contribution >= 4 is 23.1 Å². The van der Waals surface area contributed by atoms with Crippen molar-refractivity contribution in [1.82, 2.24) is 20.2 Å². The predicted molar refractivity (Wildman–Crippen MR) is 80.5 cm³/mol. The largest absolute Gasteiger partial charge is 0.473 e. The third-order valence-electron chi connectivity index (χ3n) is 2.83. The Hall–Kier alpha value is -2.93. The number of benzene rings is 1. The van der Waals surface area contributed by atoms with Gasteiger partial charge in [-0.05, 0) is 11.6 Å². The number of hydrogen-bond donors (Lipinski definition) is 3. The van der Waals surface area contributed by atoms with Crippen LogP contribution in [0.25, 0.3) is 17.1 Å². The van der Waals surface area contributed by atoms with Crippen LogP contribution in [0.15, 0.2) is 42.6 Å². The summed E-state index contributed by atoms with van der Waals surface area (Å²) in [5.74, 6) is 6.03. The molecule has 0 bridgehead atoms. The number of hydrogen-bond acceptors (Lipinski definition) is 6. The topological polar surface area (TPSA) is 102 Å². The molecule has 21 heavy (non-hydrogen) atoms. The van der Waals surface area contributed by atoms with Crippen molar-refractivity contribution in [3.8, 4) is 5.88 Å². The zero-order valence-corrected chi connectivity index (χ0v) is 11.2. The van der Waals surface area contributed by atoms with Crippen LogP contribution in [0.5, 0.6) is 5.88 Å². The molecule has 0 saturated heterocycles. The molecule has 0 spiro atoms. The van der Waals surface area contributed by atoms with Gasteiger partial charge in [-0.1, -0.05) is 36.4 Å². The van der Waals surface area contributed by atoms with Crippen LogP contribution in [0.1, 0.15) is 5.56 Å². The highest BCUT2D eigenvalue weighted by atomic mass is 16.5. The number of hydrazine groups is 1. The van der Waals surface area contributed by atoms with Crippen LogP contribution in [0.4, 0.5) is 5.95 Å². The van der Waals surface area contributed by atoms with E-state index in [9.17, 15) is 0 Å². The molecule has 3 rings (SSSR count). The Bertz CT molecular complexity index is 753. The van der Waals surface area contributed by atoms with Crippen LogP contribution in [-0.4, -0.2) is 26.8 Å². The van der Waals surface area contributed by atoms with E-state index in [2.05, 4.69) is 25.6 Å². The Balaban J connectivity index is 1.73. The second kappa shape index (κ2) is 6.02. The van der Waals surface area contributed by atoms with Crippen LogP contribution in [0.2, 0.25) is 0 Å². The lowest BCUT2D eigenvalue weighted by Crippen LogP contribution is -2.11. The summed E-state index contributed by atoms with van der Waals surface area (Å²) < 4.78 is 5.65. The Kier molecular flexibility index (Phi) is 3.74. The third kappa shape index (κ3) is 2.98. The summed E-state index contributed by atoms with van der Waals surface area (Å²) in [5, 5.41) is 7.39. The molecule has 7 heteroatoms. The number of aromatic amines is 1. The molecule has 4 N–H and O–H groups in total. The molecule has 2 aromatic heterocycles. The molecule has 1 aromatic carbocycles. The number of nitrogens with zero attached hydrogens (tertiary/aromatic N) is 3. The van der Waals surface area contributed by atoms with Crippen molar-refractivity contribution < 1.29 is 4.74 Å². The van der Waals surface area contributed by atoms with Gasteiger partial charge < -0.3 is 4.74 Å². The summed E-state index contributed by atoms with van der Waals surface area (Å²) in [5.41, 5.74) is 4.08. The van der Waals surface area contributed by atoms with Gasteiger partial charge in [0.15, 0.2) is 5.65 Å². The Morgan fingerprint density at radius 1 is 1.24 bits per heavy atom. The molecule has 0 unspecified atom stereocenters. The highest BCUT2D eigenvalue weighted by Gasteiger charge is 2.09. The maximum atomic E-state index is 5.65.